The van der Waals surface area contributed by atoms with E-state index in [0.717, 1.165) is 45.4 Å². The van der Waals surface area contributed by atoms with Crippen molar-refractivity contribution in [2.45, 2.75) is 140 Å². The van der Waals surface area contributed by atoms with Crippen molar-refractivity contribution in [3.05, 3.63) is 12.2 Å². The Hall–Kier alpha value is -2.97. The topological polar surface area (TPSA) is 245 Å². The molecular formula is C45H89N5O12S2. The van der Waals surface area contributed by atoms with E-state index in [4.69, 9.17) is 4.74 Å². The van der Waals surface area contributed by atoms with Crippen LogP contribution in [0.1, 0.15) is 140 Å². The second-order valence-electron chi connectivity index (χ2n) is 19.8. The number of amides is 3. The zero-order chi connectivity index (χ0) is 50.6. The van der Waals surface area contributed by atoms with Gasteiger partial charge < -0.3 is 38.8 Å². The monoisotopic (exact) mass is 956 g/mol. The largest absolute Gasteiger partial charge is 0.748 e. The number of carbonyl (C=O) groups excluding carboxylic acids is 5. The van der Waals surface area contributed by atoms with Gasteiger partial charge in [0.2, 0.25) is 17.7 Å². The minimum absolute atomic E-state index is 0.0224. The third-order valence-electron chi connectivity index (χ3n) is 11.4. The standard InChI is InChI=1S/C17H29NO4.2C14H30N2O4S/c1-6-17(4,5)16(21)18-11-7-9-14(19)10-8-12-22-15(20)13(2)3;2*1-6-14(2,3)13(17)15-9-11-16(4,5)10-7-8-12-21(18,19)20/h2,6-12H2,1,3-5H3,(H,18,21);2*6-12H2,1-5H3,(H-,15,17,18,19,20). The number of quaternary nitrogens is 2. The summed E-state index contributed by atoms with van der Waals surface area (Å²) in [4.78, 5) is 58.5. The lowest BCUT2D eigenvalue weighted by Gasteiger charge is -2.31. The van der Waals surface area contributed by atoms with Gasteiger partial charge in [0.05, 0.1) is 94.3 Å². The highest BCUT2D eigenvalue weighted by Crippen LogP contribution is 2.21. The Morgan fingerprint density at radius 2 is 0.875 bits per heavy atom. The van der Waals surface area contributed by atoms with E-state index in [1.54, 1.807) is 6.92 Å². The first-order valence-electron chi connectivity index (χ1n) is 22.7. The van der Waals surface area contributed by atoms with Crippen LogP contribution in [0, 0.1) is 16.2 Å². The quantitative estimate of drug-likeness (QED) is 0.0282. The number of Topliss-reactive ketones (excluding diaryl/α,β-unsaturated/α-hetero) is 1. The molecule has 0 unspecified atom stereocenters. The van der Waals surface area contributed by atoms with Crippen LogP contribution in [0.4, 0.5) is 0 Å². The van der Waals surface area contributed by atoms with E-state index >= 15 is 0 Å². The van der Waals surface area contributed by atoms with Gasteiger partial charge >= 0.3 is 5.97 Å². The van der Waals surface area contributed by atoms with E-state index in [1.165, 1.54) is 0 Å². The van der Waals surface area contributed by atoms with Crippen molar-refractivity contribution in [3.8, 4) is 0 Å². The predicted molar refractivity (Wildman–Crippen MR) is 252 cm³/mol. The maximum atomic E-state index is 11.9. The molecule has 0 fully saturated rings. The molecule has 0 rings (SSSR count). The Morgan fingerprint density at radius 1 is 0.547 bits per heavy atom. The van der Waals surface area contributed by atoms with Crippen LogP contribution in [0.15, 0.2) is 12.2 Å². The van der Waals surface area contributed by atoms with Crippen molar-refractivity contribution in [1.82, 2.24) is 16.0 Å². The summed E-state index contributed by atoms with van der Waals surface area (Å²) in [5.41, 5.74) is -0.701. The molecule has 0 aromatic carbocycles. The van der Waals surface area contributed by atoms with Crippen LogP contribution < -0.4 is 16.0 Å². The molecule has 3 N–H and O–H groups in total. The molecule has 0 heterocycles. The van der Waals surface area contributed by atoms with Crippen molar-refractivity contribution in [3.63, 3.8) is 0 Å². The fourth-order valence-corrected chi connectivity index (χ4v) is 6.29. The van der Waals surface area contributed by atoms with E-state index in [-0.39, 0.29) is 57.9 Å². The highest BCUT2D eigenvalue weighted by atomic mass is 32.2. The van der Waals surface area contributed by atoms with Gasteiger partial charge in [-0.05, 0) is 64.7 Å². The van der Waals surface area contributed by atoms with Gasteiger partial charge in [-0.3, -0.25) is 19.2 Å². The molecular weight excluding hydrogens is 867 g/mol. The van der Waals surface area contributed by atoms with Crippen molar-refractivity contribution >= 4 is 49.7 Å². The summed E-state index contributed by atoms with van der Waals surface area (Å²) in [7, 11) is -0.0843. The van der Waals surface area contributed by atoms with E-state index in [0.29, 0.717) is 85.5 Å². The molecule has 0 spiro atoms. The summed E-state index contributed by atoms with van der Waals surface area (Å²) in [6.07, 6.45) is 6.49. The maximum Gasteiger partial charge on any atom is 0.333 e. The second kappa shape index (κ2) is 31.1. The number of nitrogens with one attached hydrogen (secondary N) is 3. The average Bonchev–Trinajstić information content (AvgIpc) is 3.17. The van der Waals surface area contributed by atoms with E-state index in [2.05, 4.69) is 22.5 Å². The van der Waals surface area contributed by atoms with Gasteiger partial charge in [-0.15, -0.1) is 0 Å². The van der Waals surface area contributed by atoms with Crippen LogP contribution in [0.3, 0.4) is 0 Å². The Morgan fingerprint density at radius 3 is 1.19 bits per heavy atom. The first-order chi connectivity index (χ1) is 29.0. The number of ketones is 1. The Labute approximate surface area is 388 Å². The zero-order valence-electron chi connectivity index (χ0n) is 42.2. The molecule has 0 aliphatic rings. The molecule has 64 heavy (non-hydrogen) atoms. The highest BCUT2D eigenvalue weighted by molar-refractivity contribution is 7.85. The minimum Gasteiger partial charge on any atom is -0.748 e. The molecule has 0 aromatic rings. The lowest BCUT2D eigenvalue weighted by molar-refractivity contribution is -0.889. The number of hydrogen-bond donors (Lipinski definition) is 3. The molecule has 19 heteroatoms. The first kappa shape index (κ1) is 65.3. The predicted octanol–water partition coefficient (Wildman–Crippen LogP) is 4.67. The van der Waals surface area contributed by atoms with Crippen LogP contribution in [0.25, 0.3) is 0 Å². The number of ether oxygens (including phenoxy) is 1. The fraction of sp³-hybridized carbons (Fsp3) is 0.844. The molecule has 0 bridgehead atoms. The number of rotatable bonds is 31. The van der Waals surface area contributed by atoms with Gasteiger partial charge in [0.25, 0.3) is 0 Å². The summed E-state index contributed by atoms with van der Waals surface area (Å²) in [6.45, 7) is 27.6. The molecule has 0 saturated carbocycles. The molecule has 0 radical (unpaired) electrons. The minimum atomic E-state index is -4.10. The van der Waals surface area contributed by atoms with Crippen molar-refractivity contribution in [2.24, 2.45) is 16.2 Å². The van der Waals surface area contributed by atoms with E-state index in [1.807, 2.05) is 90.5 Å². The van der Waals surface area contributed by atoms with Gasteiger partial charge in [-0.25, -0.2) is 21.6 Å². The molecule has 0 aromatic heterocycles. The molecule has 0 aliphatic carbocycles. The molecule has 0 saturated heterocycles. The van der Waals surface area contributed by atoms with E-state index < -0.39 is 26.2 Å². The number of nitrogens with zero attached hydrogens (tertiary/aromatic N) is 2. The van der Waals surface area contributed by atoms with Crippen molar-refractivity contribution in [2.75, 3.05) is 92.1 Å². The number of carbonyl (C=O) groups is 5. The summed E-state index contributed by atoms with van der Waals surface area (Å²) >= 11 is 0. The SMILES string of the molecule is C=C(C)C(=O)OCCCC(=O)CCCNC(=O)C(C)(C)CC.CCC(C)(C)C(=O)NCC[N+](C)(C)CCCCS(=O)(=O)[O-].CCC(C)(C)C(=O)NCC[N+](C)(C)CCCCS(=O)(=O)[O-]. The average molecular weight is 956 g/mol. The third-order valence-corrected chi connectivity index (χ3v) is 13.0. The maximum absolute atomic E-state index is 11.9. The van der Waals surface area contributed by atoms with Gasteiger partial charge in [0, 0.05) is 52.7 Å². The molecule has 0 aliphatic heterocycles. The lowest BCUT2D eigenvalue weighted by Crippen LogP contribution is -2.47. The van der Waals surface area contributed by atoms with Crippen molar-refractivity contribution < 1.29 is 63.6 Å². The van der Waals surface area contributed by atoms with Crippen LogP contribution in [-0.2, 0) is 48.9 Å². The van der Waals surface area contributed by atoms with Crippen LogP contribution in [0.5, 0.6) is 0 Å². The summed E-state index contributed by atoms with van der Waals surface area (Å²) < 4.78 is 69.4. The van der Waals surface area contributed by atoms with Crippen molar-refractivity contribution in [1.29, 1.82) is 0 Å². The van der Waals surface area contributed by atoms with E-state index in [9.17, 15) is 49.9 Å². The normalized spacial score (nSPS) is 12.4. The summed E-state index contributed by atoms with van der Waals surface area (Å²) in [6, 6.07) is 0. The number of esters is 1. The highest BCUT2D eigenvalue weighted by Gasteiger charge is 2.27. The van der Waals surface area contributed by atoms with Gasteiger partial charge in [-0.1, -0.05) is 68.9 Å². The summed E-state index contributed by atoms with van der Waals surface area (Å²) in [5.74, 6) is -0.758. The molecule has 0 atom stereocenters. The summed E-state index contributed by atoms with van der Waals surface area (Å²) in [5, 5.41) is 8.74. The molecule has 378 valence electrons. The zero-order valence-corrected chi connectivity index (χ0v) is 43.8. The fourth-order valence-electron chi connectivity index (χ4n) is 5.17. The second-order valence-corrected chi connectivity index (χ2v) is 22.9. The Kier molecular flexibility index (Phi) is 31.7. The van der Waals surface area contributed by atoms with Gasteiger partial charge in [0.15, 0.2) is 0 Å². The van der Waals surface area contributed by atoms with Crippen LogP contribution >= 0.6 is 0 Å². The Bertz CT molecular complexity index is 1580. The lowest BCUT2D eigenvalue weighted by atomic mass is 9.89. The Balaban J connectivity index is -0.000000872. The number of unbranched alkanes of at least 4 members (excludes halogenated alkanes) is 2. The molecule has 3 amide bonds. The third kappa shape index (κ3) is 36.3. The number of likely N-dealkylation sites (N-methyl/N-ethyl adjacent to an activating group) is 2. The smallest absolute Gasteiger partial charge is 0.333 e. The molecule has 17 nitrogen and oxygen atoms in total. The van der Waals surface area contributed by atoms with Crippen LogP contribution in [0.2, 0.25) is 0 Å². The van der Waals surface area contributed by atoms with Crippen LogP contribution in [-0.4, -0.2) is 156 Å². The first-order valence-corrected chi connectivity index (χ1v) is 25.9. The van der Waals surface area contributed by atoms with Gasteiger partial charge in [0.1, 0.15) is 5.78 Å². The number of hydrogen-bond acceptors (Lipinski definition) is 12. The van der Waals surface area contributed by atoms with Gasteiger partial charge in [-0.2, -0.15) is 0 Å².